The van der Waals surface area contributed by atoms with Crippen LogP contribution >= 0.6 is 0 Å². The van der Waals surface area contributed by atoms with Crippen LogP contribution < -0.4 is 19.7 Å². The number of amides is 2. The number of piperazine rings is 1. The normalized spacial score (nSPS) is 13.9. The van der Waals surface area contributed by atoms with E-state index >= 15 is 0 Å². The predicted molar refractivity (Wildman–Crippen MR) is 116 cm³/mol. The van der Waals surface area contributed by atoms with E-state index in [0.717, 1.165) is 6.07 Å². The lowest BCUT2D eigenvalue weighted by atomic mass is 10.1. The molecule has 1 aliphatic heterocycles. The SMILES string of the molecule is COc1ccc2nc(NC(=O)N3CCN(c4cc(F)c(F)c(F)c4C)CC3)c(OC)nc2c1. The van der Waals surface area contributed by atoms with Crippen molar-refractivity contribution < 1.29 is 27.4 Å². The average molecular weight is 461 g/mol. The Balaban J connectivity index is 1.47. The first kappa shape index (κ1) is 22.4. The molecular formula is C22H22F3N5O3. The van der Waals surface area contributed by atoms with Crippen LogP contribution in [0.5, 0.6) is 11.6 Å². The monoisotopic (exact) mass is 461 g/mol. The molecule has 174 valence electrons. The highest BCUT2D eigenvalue weighted by molar-refractivity contribution is 5.91. The van der Waals surface area contributed by atoms with Gasteiger partial charge < -0.3 is 19.3 Å². The molecule has 1 N–H and O–H groups in total. The fourth-order valence-corrected chi connectivity index (χ4v) is 3.70. The molecular weight excluding hydrogens is 439 g/mol. The Kier molecular flexibility index (Phi) is 6.12. The van der Waals surface area contributed by atoms with E-state index in [1.165, 1.54) is 14.0 Å². The topological polar surface area (TPSA) is 79.8 Å². The second kappa shape index (κ2) is 9.00. The number of methoxy groups -OCH3 is 2. The number of hydrogen-bond acceptors (Lipinski definition) is 6. The smallest absolute Gasteiger partial charge is 0.323 e. The van der Waals surface area contributed by atoms with Crippen molar-refractivity contribution >= 4 is 28.6 Å². The van der Waals surface area contributed by atoms with Gasteiger partial charge in [0.25, 0.3) is 5.88 Å². The summed E-state index contributed by atoms with van der Waals surface area (Å²) >= 11 is 0. The number of fused-ring (bicyclic) bond motifs is 1. The molecule has 33 heavy (non-hydrogen) atoms. The highest BCUT2D eigenvalue weighted by Gasteiger charge is 2.26. The van der Waals surface area contributed by atoms with E-state index in [1.54, 1.807) is 35.1 Å². The highest BCUT2D eigenvalue weighted by Crippen LogP contribution is 2.29. The number of benzene rings is 2. The molecule has 11 heteroatoms. The van der Waals surface area contributed by atoms with Crippen LogP contribution in [0, 0.1) is 24.4 Å². The van der Waals surface area contributed by atoms with Gasteiger partial charge in [-0.05, 0) is 19.1 Å². The average Bonchev–Trinajstić information content (AvgIpc) is 2.84. The summed E-state index contributed by atoms with van der Waals surface area (Å²) in [6, 6.07) is 5.73. The van der Waals surface area contributed by atoms with Gasteiger partial charge in [-0.2, -0.15) is 0 Å². The van der Waals surface area contributed by atoms with Crippen LogP contribution in [0.4, 0.5) is 29.5 Å². The number of rotatable bonds is 4. The molecule has 0 radical (unpaired) electrons. The minimum atomic E-state index is -1.49. The number of urea groups is 1. The molecule has 0 spiro atoms. The molecule has 0 aliphatic carbocycles. The molecule has 0 bridgehead atoms. The van der Waals surface area contributed by atoms with Crippen molar-refractivity contribution in [3.8, 4) is 11.6 Å². The lowest BCUT2D eigenvalue weighted by molar-refractivity contribution is 0.208. The van der Waals surface area contributed by atoms with Gasteiger partial charge >= 0.3 is 6.03 Å². The summed E-state index contributed by atoms with van der Waals surface area (Å²) in [5.74, 6) is -3.00. The Hall–Kier alpha value is -3.76. The minimum Gasteiger partial charge on any atom is -0.497 e. The molecule has 2 aromatic carbocycles. The molecule has 0 unspecified atom stereocenters. The zero-order chi connectivity index (χ0) is 23.7. The van der Waals surface area contributed by atoms with E-state index in [2.05, 4.69) is 15.3 Å². The van der Waals surface area contributed by atoms with E-state index in [1.807, 2.05) is 0 Å². The third-order valence-electron chi connectivity index (χ3n) is 5.54. The van der Waals surface area contributed by atoms with Gasteiger partial charge in [-0.15, -0.1) is 0 Å². The van der Waals surface area contributed by atoms with Crippen molar-refractivity contribution in [2.75, 3.05) is 50.6 Å². The minimum absolute atomic E-state index is 0.0274. The number of aromatic nitrogens is 2. The van der Waals surface area contributed by atoms with Crippen molar-refractivity contribution in [2.24, 2.45) is 0 Å². The summed E-state index contributed by atoms with van der Waals surface area (Å²) in [4.78, 5) is 24.9. The predicted octanol–water partition coefficient (Wildman–Crippen LogP) is 3.73. The van der Waals surface area contributed by atoms with E-state index in [0.29, 0.717) is 29.9 Å². The first-order valence-electron chi connectivity index (χ1n) is 10.2. The number of hydrogen-bond donors (Lipinski definition) is 1. The van der Waals surface area contributed by atoms with Crippen molar-refractivity contribution in [3.63, 3.8) is 0 Å². The first-order chi connectivity index (χ1) is 15.8. The Labute approximate surface area is 187 Å². The van der Waals surface area contributed by atoms with Gasteiger partial charge in [0.15, 0.2) is 23.3 Å². The molecule has 3 aromatic rings. The molecule has 0 atom stereocenters. The van der Waals surface area contributed by atoms with Crippen LogP contribution in [-0.2, 0) is 0 Å². The van der Waals surface area contributed by atoms with Crippen LogP contribution in [0.2, 0.25) is 0 Å². The second-order valence-electron chi connectivity index (χ2n) is 7.47. The summed E-state index contributed by atoms with van der Waals surface area (Å²) in [5.41, 5.74) is 1.39. The van der Waals surface area contributed by atoms with E-state index in [9.17, 15) is 18.0 Å². The lowest BCUT2D eigenvalue weighted by Gasteiger charge is -2.36. The third kappa shape index (κ3) is 4.30. The highest BCUT2D eigenvalue weighted by atomic mass is 19.2. The van der Waals surface area contributed by atoms with Crippen molar-refractivity contribution in [3.05, 3.63) is 47.3 Å². The fourth-order valence-electron chi connectivity index (χ4n) is 3.70. The first-order valence-corrected chi connectivity index (χ1v) is 10.2. The zero-order valence-corrected chi connectivity index (χ0v) is 18.3. The number of ether oxygens (including phenoxy) is 2. The second-order valence-corrected chi connectivity index (χ2v) is 7.47. The van der Waals surface area contributed by atoms with Gasteiger partial charge in [0.05, 0.1) is 25.3 Å². The van der Waals surface area contributed by atoms with E-state index in [4.69, 9.17) is 9.47 Å². The van der Waals surface area contributed by atoms with Crippen LogP contribution in [0.15, 0.2) is 24.3 Å². The molecule has 1 saturated heterocycles. The molecule has 1 aromatic heterocycles. The van der Waals surface area contributed by atoms with Gasteiger partial charge in [0.2, 0.25) is 0 Å². The van der Waals surface area contributed by atoms with Crippen LogP contribution in [-0.4, -0.2) is 61.3 Å². The van der Waals surface area contributed by atoms with Crippen molar-refractivity contribution in [1.82, 2.24) is 14.9 Å². The maximum atomic E-state index is 13.9. The van der Waals surface area contributed by atoms with Gasteiger partial charge in [0.1, 0.15) is 5.75 Å². The van der Waals surface area contributed by atoms with Crippen LogP contribution in [0.3, 0.4) is 0 Å². The number of nitrogens with zero attached hydrogens (tertiary/aromatic N) is 4. The summed E-state index contributed by atoms with van der Waals surface area (Å²) in [5, 5.41) is 2.71. The van der Waals surface area contributed by atoms with Gasteiger partial charge in [-0.1, -0.05) is 0 Å². The lowest BCUT2D eigenvalue weighted by Crippen LogP contribution is -2.50. The Morgan fingerprint density at radius 2 is 1.70 bits per heavy atom. The number of carbonyl (C=O) groups is 1. The van der Waals surface area contributed by atoms with Gasteiger partial charge in [0, 0.05) is 49.6 Å². The van der Waals surface area contributed by atoms with E-state index < -0.39 is 23.5 Å². The maximum absolute atomic E-state index is 13.9. The van der Waals surface area contributed by atoms with Crippen LogP contribution in [0.1, 0.15) is 5.56 Å². The molecule has 0 saturated carbocycles. The number of carbonyl (C=O) groups excluding carboxylic acids is 1. The van der Waals surface area contributed by atoms with Crippen molar-refractivity contribution in [1.29, 1.82) is 0 Å². The van der Waals surface area contributed by atoms with Gasteiger partial charge in [-0.25, -0.2) is 27.9 Å². The fraction of sp³-hybridized carbons (Fsp3) is 0.318. The standard InChI is InChI=1S/C22H22F3N5O3/c1-12-17(11-14(23)19(25)18(12)24)29-6-8-30(9-7-29)22(31)28-20-21(33-3)27-16-10-13(32-2)4-5-15(16)26-20/h4-5,10-11H,6-9H2,1-3H3,(H,26,28,31). The van der Waals surface area contributed by atoms with E-state index in [-0.39, 0.29) is 36.0 Å². The third-order valence-corrected chi connectivity index (χ3v) is 5.54. The van der Waals surface area contributed by atoms with Gasteiger partial charge in [-0.3, -0.25) is 5.32 Å². The Morgan fingerprint density at radius 3 is 2.36 bits per heavy atom. The summed E-state index contributed by atoms with van der Waals surface area (Å²) in [6.07, 6.45) is 0. The molecule has 1 fully saturated rings. The maximum Gasteiger partial charge on any atom is 0.323 e. The Bertz CT molecular complexity index is 1220. The zero-order valence-electron chi connectivity index (χ0n) is 18.3. The summed E-state index contributed by atoms with van der Waals surface area (Å²) < 4.78 is 51.5. The summed E-state index contributed by atoms with van der Waals surface area (Å²) in [7, 11) is 2.97. The molecule has 1 aliphatic rings. The molecule has 4 rings (SSSR count). The number of nitrogens with one attached hydrogen (secondary N) is 1. The molecule has 2 amide bonds. The summed E-state index contributed by atoms with van der Waals surface area (Å²) in [6.45, 7) is 2.60. The number of halogens is 3. The largest absolute Gasteiger partial charge is 0.497 e. The molecule has 2 heterocycles. The number of anilines is 2. The molecule has 8 nitrogen and oxygen atoms in total. The van der Waals surface area contributed by atoms with Crippen molar-refractivity contribution in [2.45, 2.75) is 6.92 Å². The Morgan fingerprint density at radius 1 is 0.970 bits per heavy atom. The quantitative estimate of drug-likeness (QED) is 0.597. The van der Waals surface area contributed by atoms with Crippen LogP contribution in [0.25, 0.3) is 11.0 Å².